The normalized spacial score (nSPS) is 11.2. The van der Waals surface area contributed by atoms with Crippen molar-refractivity contribution in [2.45, 2.75) is 33.1 Å². The first-order chi connectivity index (χ1) is 12.5. The number of rotatable bonds is 10. The average Bonchev–Trinajstić information content (AvgIpc) is 2.63. The quantitative estimate of drug-likeness (QED) is 0.615. The van der Waals surface area contributed by atoms with E-state index in [9.17, 15) is 0 Å². The maximum Gasteiger partial charge on any atom is 0.119 e. The lowest BCUT2D eigenvalue weighted by Crippen LogP contribution is -2.12. The third kappa shape index (κ3) is 6.96. The van der Waals surface area contributed by atoms with E-state index in [0.29, 0.717) is 19.8 Å². The molecule has 0 unspecified atom stereocenters. The molecule has 0 heterocycles. The lowest BCUT2D eigenvalue weighted by molar-refractivity contribution is 0.110. The Bertz CT molecular complexity index is 630. The van der Waals surface area contributed by atoms with Gasteiger partial charge in [0.25, 0.3) is 0 Å². The van der Waals surface area contributed by atoms with Crippen molar-refractivity contribution in [2.24, 2.45) is 0 Å². The molecule has 4 nitrogen and oxygen atoms in total. The molecule has 0 aliphatic heterocycles. The van der Waals surface area contributed by atoms with E-state index in [-0.39, 0.29) is 5.41 Å². The maximum absolute atomic E-state index is 5.79. The van der Waals surface area contributed by atoms with Crippen molar-refractivity contribution in [2.75, 3.05) is 38.3 Å². The molecule has 0 saturated carbocycles. The Labute approximate surface area is 157 Å². The molecule has 142 valence electrons. The highest BCUT2D eigenvalue weighted by atomic mass is 16.5. The second-order valence-corrected chi connectivity index (χ2v) is 7.12. The van der Waals surface area contributed by atoms with Gasteiger partial charge in [0.05, 0.1) is 6.61 Å². The summed E-state index contributed by atoms with van der Waals surface area (Å²) in [5.41, 5.74) is 2.53. The highest BCUT2D eigenvalue weighted by Gasteiger charge is 2.12. The van der Waals surface area contributed by atoms with E-state index in [1.807, 2.05) is 43.3 Å². The van der Waals surface area contributed by atoms with Crippen LogP contribution < -0.4 is 14.8 Å². The van der Waals surface area contributed by atoms with Gasteiger partial charge in [0, 0.05) is 18.8 Å². The van der Waals surface area contributed by atoms with Crippen LogP contribution in [0.4, 0.5) is 5.69 Å². The SMILES string of the molecule is CCOCCOc1ccc(NCCOc2ccc(C(C)(C)C)cc2)cc1. The fraction of sp³-hybridized carbons (Fsp3) is 0.455. The Kier molecular flexibility index (Phi) is 7.79. The van der Waals surface area contributed by atoms with Crippen molar-refractivity contribution < 1.29 is 14.2 Å². The van der Waals surface area contributed by atoms with Crippen LogP contribution in [0.3, 0.4) is 0 Å². The molecule has 26 heavy (non-hydrogen) atoms. The van der Waals surface area contributed by atoms with Gasteiger partial charge < -0.3 is 19.5 Å². The van der Waals surface area contributed by atoms with Crippen molar-refractivity contribution in [1.29, 1.82) is 0 Å². The zero-order valence-electron chi connectivity index (χ0n) is 16.4. The summed E-state index contributed by atoms with van der Waals surface area (Å²) in [7, 11) is 0. The van der Waals surface area contributed by atoms with Gasteiger partial charge in [0.15, 0.2) is 0 Å². The summed E-state index contributed by atoms with van der Waals surface area (Å²) in [4.78, 5) is 0. The second kappa shape index (κ2) is 10.1. The molecule has 0 aliphatic rings. The molecule has 0 aliphatic carbocycles. The number of nitrogens with one attached hydrogen (secondary N) is 1. The number of hydrogen-bond acceptors (Lipinski definition) is 4. The van der Waals surface area contributed by atoms with E-state index < -0.39 is 0 Å². The lowest BCUT2D eigenvalue weighted by atomic mass is 9.87. The van der Waals surface area contributed by atoms with Crippen LogP contribution in [-0.2, 0) is 10.2 Å². The molecule has 0 amide bonds. The zero-order valence-corrected chi connectivity index (χ0v) is 16.4. The van der Waals surface area contributed by atoms with E-state index >= 15 is 0 Å². The van der Waals surface area contributed by atoms with Gasteiger partial charge in [0.2, 0.25) is 0 Å². The monoisotopic (exact) mass is 357 g/mol. The molecule has 0 bridgehead atoms. The van der Waals surface area contributed by atoms with E-state index in [0.717, 1.165) is 30.3 Å². The largest absolute Gasteiger partial charge is 0.492 e. The summed E-state index contributed by atoms with van der Waals surface area (Å²) in [6.07, 6.45) is 0. The minimum absolute atomic E-state index is 0.166. The van der Waals surface area contributed by atoms with Crippen molar-refractivity contribution >= 4 is 5.69 Å². The van der Waals surface area contributed by atoms with Gasteiger partial charge in [-0.05, 0) is 54.3 Å². The molecule has 0 aromatic heterocycles. The first-order valence-electron chi connectivity index (χ1n) is 9.27. The van der Waals surface area contributed by atoms with Crippen LogP contribution in [0.1, 0.15) is 33.3 Å². The van der Waals surface area contributed by atoms with Crippen molar-refractivity contribution in [3.05, 3.63) is 54.1 Å². The van der Waals surface area contributed by atoms with Gasteiger partial charge in [-0.3, -0.25) is 0 Å². The molecule has 4 heteroatoms. The molecule has 2 aromatic rings. The number of hydrogen-bond donors (Lipinski definition) is 1. The molecule has 2 rings (SSSR count). The van der Waals surface area contributed by atoms with E-state index in [1.165, 1.54) is 5.56 Å². The maximum atomic E-state index is 5.79. The van der Waals surface area contributed by atoms with Crippen LogP contribution in [0.15, 0.2) is 48.5 Å². The number of ether oxygens (including phenoxy) is 3. The first-order valence-corrected chi connectivity index (χ1v) is 9.27. The van der Waals surface area contributed by atoms with Crippen LogP contribution in [0.5, 0.6) is 11.5 Å². The highest BCUT2D eigenvalue weighted by Crippen LogP contribution is 2.24. The molecule has 2 aromatic carbocycles. The summed E-state index contributed by atoms with van der Waals surface area (Å²) < 4.78 is 16.6. The van der Waals surface area contributed by atoms with Gasteiger partial charge in [-0.25, -0.2) is 0 Å². The molecule has 1 N–H and O–H groups in total. The predicted molar refractivity (Wildman–Crippen MR) is 108 cm³/mol. The highest BCUT2D eigenvalue weighted by molar-refractivity contribution is 5.46. The lowest BCUT2D eigenvalue weighted by Gasteiger charge is -2.19. The van der Waals surface area contributed by atoms with Crippen LogP contribution >= 0.6 is 0 Å². The Hall–Kier alpha value is -2.20. The number of anilines is 1. The van der Waals surface area contributed by atoms with Crippen LogP contribution in [0, 0.1) is 0 Å². The van der Waals surface area contributed by atoms with Gasteiger partial charge in [-0.2, -0.15) is 0 Å². The minimum atomic E-state index is 0.166. The smallest absolute Gasteiger partial charge is 0.119 e. The third-order valence-corrected chi connectivity index (χ3v) is 3.98. The molecule has 0 spiro atoms. The first kappa shape index (κ1) is 20.1. The van der Waals surface area contributed by atoms with Crippen molar-refractivity contribution in [3.63, 3.8) is 0 Å². The fourth-order valence-corrected chi connectivity index (χ4v) is 2.45. The van der Waals surface area contributed by atoms with Crippen LogP contribution in [0.25, 0.3) is 0 Å². The van der Waals surface area contributed by atoms with Gasteiger partial charge in [-0.1, -0.05) is 32.9 Å². The Balaban J connectivity index is 1.68. The van der Waals surface area contributed by atoms with E-state index in [4.69, 9.17) is 14.2 Å². The molecule has 0 radical (unpaired) electrons. The van der Waals surface area contributed by atoms with Crippen molar-refractivity contribution in [1.82, 2.24) is 0 Å². The third-order valence-electron chi connectivity index (χ3n) is 3.98. The second-order valence-electron chi connectivity index (χ2n) is 7.12. The van der Waals surface area contributed by atoms with Gasteiger partial charge in [0.1, 0.15) is 24.7 Å². The van der Waals surface area contributed by atoms with E-state index in [1.54, 1.807) is 0 Å². The van der Waals surface area contributed by atoms with Crippen LogP contribution in [-0.4, -0.2) is 33.0 Å². The molecule has 0 saturated heterocycles. The summed E-state index contributed by atoms with van der Waals surface area (Å²) in [6, 6.07) is 16.3. The molecule has 0 fully saturated rings. The molecular weight excluding hydrogens is 326 g/mol. The number of benzene rings is 2. The summed E-state index contributed by atoms with van der Waals surface area (Å²) in [6.45, 7) is 11.9. The molecular formula is C22H31NO3. The van der Waals surface area contributed by atoms with Gasteiger partial charge >= 0.3 is 0 Å². The average molecular weight is 357 g/mol. The standard InChI is InChI=1S/C22H31NO3/c1-5-24-16-17-26-21-12-8-19(9-13-21)23-14-15-25-20-10-6-18(7-11-20)22(2,3)4/h6-13,23H,5,14-17H2,1-4H3. The predicted octanol–water partition coefficient (Wildman–Crippen LogP) is 4.89. The Morgan fingerprint density at radius 2 is 1.35 bits per heavy atom. The van der Waals surface area contributed by atoms with E-state index in [2.05, 4.69) is 38.2 Å². The van der Waals surface area contributed by atoms with Gasteiger partial charge in [-0.15, -0.1) is 0 Å². The summed E-state index contributed by atoms with van der Waals surface area (Å²) in [5.74, 6) is 1.75. The summed E-state index contributed by atoms with van der Waals surface area (Å²) >= 11 is 0. The van der Waals surface area contributed by atoms with Crippen LogP contribution in [0.2, 0.25) is 0 Å². The topological polar surface area (TPSA) is 39.7 Å². The Morgan fingerprint density at radius 3 is 1.92 bits per heavy atom. The minimum Gasteiger partial charge on any atom is -0.492 e. The van der Waals surface area contributed by atoms with Crippen molar-refractivity contribution in [3.8, 4) is 11.5 Å². The Morgan fingerprint density at radius 1 is 0.769 bits per heavy atom. The summed E-state index contributed by atoms with van der Waals surface area (Å²) in [5, 5.41) is 3.35. The zero-order chi connectivity index (χ0) is 18.8. The molecule has 0 atom stereocenters. The fourth-order valence-electron chi connectivity index (χ4n) is 2.45.